The maximum atomic E-state index is 14.0. The molecule has 12 heteroatoms. The number of carboxylic acid groups (broad SMARTS) is 1. The Kier molecular flexibility index (Phi) is 11.8. The maximum Gasteiger partial charge on any atom is 0.410 e. The van der Waals surface area contributed by atoms with Crippen molar-refractivity contribution in [3.63, 3.8) is 0 Å². The first-order chi connectivity index (χ1) is 25.3. The van der Waals surface area contributed by atoms with Gasteiger partial charge in [0.2, 0.25) is 10.0 Å². The zero-order valence-corrected chi connectivity index (χ0v) is 31.8. The Morgan fingerprint density at radius 1 is 0.962 bits per heavy atom. The molecule has 0 spiro atoms. The molecule has 284 valence electrons. The van der Waals surface area contributed by atoms with Crippen molar-refractivity contribution in [1.29, 1.82) is 0 Å². The highest BCUT2D eigenvalue weighted by Crippen LogP contribution is 2.48. The minimum absolute atomic E-state index is 0.0646. The number of ether oxygens (including phenoxy) is 4. The van der Waals surface area contributed by atoms with Crippen LogP contribution in [0.3, 0.4) is 0 Å². The van der Waals surface area contributed by atoms with Gasteiger partial charge in [0.1, 0.15) is 23.9 Å². The Hall–Kier alpha value is -4.39. The first-order valence-corrected chi connectivity index (χ1v) is 19.8. The minimum atomic E-state index is -3.63. The molecule has 3 saturated heterocycles. The van der Waals surface area contributed by atoms with Crippen molar-refractivity contribution in [3.8, 4) is 17.2 Å². The summed E-state index contributed by atoms with van der Waals surface area (Å²) in [5, 5.41) is 8.83. The molecule has 1 amide bonds. The van der Waals surface area contributed by atoms with Crippen LogP contribution in [0, 0.1) is 32.6 Å². The van der Waals surface area contributed by atoms with Gasteiger partial charge in [-0.15, -0.1) is 0 Å². The van der Waals surface area contributed by atoms with Gasteiger partial charge in [-0.25, -0.2) is 22.3 Å². The number of sulfonamides is 1. The van der Waals surface area contributed by atoms with Gasteiger partial charge < -0.3 is 29.0 Å². The van der Waals surface area contributed by atoms with Gasteiger partial charge in [0.15, 0.2) is 6.61 Å². The van der Waals surface area contributed by atoms with Gasteiger partial charge in [0, 0.05) is 37.7 Å². The third kappa shape index (κ3) is 8.88. The van der Waals surface area contributed by atoms with Crippen molar-refractivity contribution in [2.24, 2.45) is 11.8 Å². The number of carbonyl (C=O) groups is 2. The fourth-order valence-corrected chi connectivity index (χ4v) is 9.76. The molecule has 3 heterocycles. The number of aryl methyl sites for hydroxylation is 2. The predicted molar refractivity (Wildman–Crippen MR) is 201 cm³/mol. The van der Waals surface area contributed by atoms with Crippen LogP contribution in [0.5, 0.6) is 17.2 Å². The van der Waals surface area contributed by atoms with Crippen molar-refractivity contribution in [1.82, 2.24) is 9.21 Å². The van der Waals surface area contributed by atoms with E-state index in [0.29, 0.717) is 68.9 Å². The molecule has 11 nitrogen and oxygen atoms in total. The fraction of sp³-hybridized carbons (Fsp3) is 0.463. The number of hydrogen-bond donors (Lipinski definition) is 1. The number of rotatable bonds is 11. The van der Waals surface area contributed by atoms with Crippen LogP contribution >= 0.6 is 0 Å². The third-order valence-corrected chi connectivity index (χ3v) is 13.2. The highest BCUT2D eigenvalue weighted by molar-refractivity contribution is 7.89. The zero-order valence-electron chi connectivity index (χ0n) is 31.0. The Balaban J connectivity index is 1.14. The summed E-state index contributed by atoms with van der Waals surface area (Å²) in [5.74, 6) is 0.349. The molecule has 0 aliphatic carbocycles. The number of likely N-dealkylation sites (tertiary alicyclic amines) is 1. The van der Waals surface area contributed by atoms with Crippen LogP contribution in [0.25, 0.3) is 0 Å². The lowest BCUT2D eigenvalue weighted by atomic mass is 9.76. The van der Waals surface area contributed by atoms with Crippen molar-refractivity contribution < 1.29 is 42.1 Å². The molecule has 6 rings (SSSR count). The van der Waals surface area contributed by atoms with Gasteiger partial charge in [-0.2, -0.15) is 0 Å². The maximum absolute atomic E-state index is 14.0. The summed E-state index contributed by atoms with van der Waals surface area (Å²) in [6.45, 7) is 13.2. The molecule has 1 N–H and O–H groups in total. The summed E-state index contributed by atoms with van der Waals surface area (Å²) in [4.78, 5) is 25.8. The number of fused-ring (bicyclic) bond motifs is 1. The molecule has 4 atom stereocenters. The van der Waals surface area contributed by atoms with E-state index >= 15 is 0 Å². The van der Waals surface area contributed by atoms with Crippen molar-refractivity contribution >= 4 is 22.1 Å². The molecule has 3 aliphatic heterocycles. The molecule has 3 aromatic rings. The minimum Gasteiger partial charge on any atom is -0.482 e. The monoisotopic (exact) mass is 746 g/mol. The second kappa shape index (κ2) is 16.3. The Morgan fingerprint density at radius 3 is 2.40 bits per heavy atom. The highest BCUT2D eigenvalue weighted by Gasteiger charge is 2.46. The lowest BCUT2D eigenvalue weighted by molar-refractivity contribution is -0.139. The van der Waals surface area contributed by atoms with E-state index in [1.165, 1.54) is 0 Å². The molecule has 0 radical (unpaired) electrons. The normalized spacial score (nSPS) is 22.5. The van der Waals surface area contributed by atoms with Gasteiger partial charge in [0.05, 0.1) is 17.5 Å². The first-order valence-electron chi connectivity index (χ1n) is 18.3. The van der Waals surface area contributed by atoms with Crippen LogP contribution in [-0.2, 0) is 30.9 Å². The number of nitrogens with zero attached hydrogens (tertiary/aromatic N) is 2. The van der Waals surface area contributed by atoms with E-state index in [2.05, 4.69) is 12.6 Å². The number of hydrogen-bond acceptors (Lipinski definition) is 8. The molecule has 0 unspecified atom stereocenters. The van der Waals surface area contributed by atoms with Gasteiger partial charge >= 0.3 is 12.1 Å². The van der Waals surface area contributed by atoms with E-state index in [1.54, 1.807) is 21.3 Å². The quantitative estimate of drug-likeness (QED) is 0.200. The van der Waals surface area contributed by atoms with Crippen LogP contribution in [-0.4, -0.2) is 78.9 Å². The molecule has 0 bridgehead atoms. The van der Waals surface area contributed by atoms with Crippen molar-refractivity contribution in [2.45, 2.75) is 77.4 Å². The van der Waals surface area contributed by atoms with E-state index in [-0.39, 0.29) is 24.5 Å². The lowest BCUT2D eigenvalue weighted by Gasteiger charge is -2.47. The molecule has 3 aromatic carbocycles. The van der Waals surface area contributed by atoms with Crippen molar-refractivity contribution in [3.05, 3.63) is 101 Å². The second-order valence-electron chi connectivity index (χ2n) is 14.7. The lowest BCUT2D eigenvalue weighted by Crippen LogP contribution is -2.54. The number of piperidine rings is 2. The number of carboxylic acids is 1. The Morgan fingerprint density at radius 2 is 1.70 bits per heavy atom. The molecular weight excluding hydrogens is 697 g/mol. The molecule has 0 aromatic heterocycles. The van der Waals surface area contributed by atoms with Gasteiger partial charge in [-0.1, -0.05) is 48.6 Å². The summed E-state index contributed by atoms with van der Waals surface area (Å²) >= 11 is 0. The largest absolute Gasteiger partial charge is 0.482 e. The van der Waals surface area contributed by atoms with Crippen LogP contribution in [0.4, 0.5) is 4.79 Å². The van der Waals surface area contributed by atoms with Gasteiger partial charge in [-0.3, -0.25) is 0 Å². The Labute approximate surface area is 312 Å². The summed E-state index contributed by atoms with van der Waals surface area (Å²) in [6, 6.07) is 18.9. The summed E-state index contributed by atoms with van der Waals surface area (Å²) in [5.41, 5.74) is 5.65. The van der Waals surface area contributed by atoms with Crippen LogP contribution in [0.2, 0.25) is 0 Å². The highest BCUT2D eigenvalue weighted by atomic mass is 32.2. The predicted octanol–water partition coefficient (Wildman–Crippen LogP) is 7.34. The van der Waals surface area contributed by atoms with E-state index in [0.717, 1.165) is 33.6 Å². The van der Waals surface area contributed by atoms with E-state index in [1.807, 2.05) is 70.2 Å². The van der Waals surface area contributed by atoms with E-state index in [9.17, 15) is 23.1 Å². The molecular formula is C41H50N2O9S. The topological polar surface area (TPSA) is 132 Å². The Bertz CT molecular complexity index is 1920. The molecule has 3 fully saturated rings. The number of benzene rings is 3. The third-order valence-electron chi connectivity index (χ3n) is 10.8. The average molecular weight is 747 g/mol. The molecule has 53 heavy (non-hydrogen) atoms. The molecule has 0 saturated carbocycles. The van der Waals surface area contributed by atoms with E-state index in [4.69, 9.17) is 18.9 Å². The smallest absolute Gasteiger partial charge is 0.410 e. The number of carbonyl (C=O) groups excluding carboxylic acids is 1. The number of aliphatic carboxylic acids is 1. The summed E-state index contributed by atoms with van der Waals surface area (Å²) < 4.78 is 54.1. The van der Waals surface area contributed by atoms with Crippen LogP contribution in [0.15, 0.2) is 72.8 Å². The van der Waals surface area contributed by atoms with Crippen molar-refractivity contribution in [2.75, 3.05) is 32.8 Å². The first kappa shape index (κ1) is 38.3. The summed E-state index contributed by atoms with van der Waals surface area (Å²) in [7, 11) is -3.63. The van der Waals surface area contributed by atoms with Gasteiger partial charge in [0.25, 0.3) is 0 Å². The van der Waals surface area contributed by atoms with E-state index < -0.39 is 40.0 Å². The van der Waals surface area contributed by atoms with Crippen LogP contribution < -0.4 is 9.47 Å². The van der Waals surface area contributed by atoms with Crippen LogP contribution in [0.1, 0.15) is 66.5 Å². The zero-order chi connectivity index (χ0) is 37.9. The fourth-order valence-electron chi connectivity index (χ4n) is 7.77. The number of amides is 1. The van der Waals surface area contributed by atoms with Gasteiger partial charge in [-0.05, 0) is 106 Å². The molecule has 3 aliphatic rings. The second-order valence-corrected chi connectivity index (χ2v) is 16.9. The summed E-state index contributed by atoms with van der Waals surface area (Å²) in [6.07, 6.45) is 0.690. The standard InChI is InChI=1S/C41H50N2O9S/c1-26(2)34-21-31-23-43(53(47,48)33-13-16-42(17-14-33)41(46)50-24-30-9-7-6-8-10-30)18-15-36(31)52-40(34)35-22-32(11-12-37(35)49-25-39(44)45)51-38-20-27(3)19-28(4)29(38)5/h6-12,19-20,22,31,33-34,36,40H,1,13-18,21,23-25H2,2-5H3,(H,44,45)/t31-,34+,36-,40-/m0/s1. The SMILES string of the molecule is C=C(C)[C@H]1C[C@H]2CN(S(=O)(=O)C3CCN(C(=O)OCc4ccccc4)CC3)CC[C@@H]2O[C@@H]1c1cc(Oc2cc(C)cc(C)c2C)ccc1OCC(=O)O. The average Bonchev–Trinajstić information content (AvgIpc) is 3.14.